The van der Waals surface area contributed by atoms with E-state index in [1.807, 2.05) is 13.8 Å². The van der Waals surface area contributed by atoms with E-state index in [2.05, 4.69) is 9.29 Å². The Labute approximate surface area is 71.0 Å². The molecule has 1 atom stereocenters. The SMILES string of the molecule is CCC(CC)OP(=O)(O)N=C=O. The van der Waals surface area contributed by atoms with E-state index in [1.54, 1.807) is 0 Å². The van der Waals surface area contributed by atoms with Gasteiger partial charge in [0, 0.05) is 0 Å². The summed E-state index contributed by atoms with van der Waals surface area (Å²) in [6.45, 7) is 3.64. The number of hydrogen-bond donors (Lipinski definition) is 1. The average molecular weight is 193 g/mol. The van der Waals surface area contributed by atoms with Gasteiger partial charge in [-0.3, -0.25) is 4.52 Å². The minimum absolute atomic E-state index is 0.335. The summed E-state index contributed by atoms with van der Waals surface area (Å²) in [6.07, 6.45) is 1.88. The average Bonchev–Trinajstić information content (AvgIpc) is 2.00. The second-order valence-electron chi connectivity index (χ2n) is 2.23. The van der Waals surface area contributed by atoms with Crippen molar-refractivity contribution in [2.45, 2.75) is 32.8 Å². The van der Waals surface area contributed by atoms with Crippen LogP contribution in [0.25, 0.3) is 0 Å². The third-order valence-electron chi connectivity index (χ3n) is 1.36. The minimum Gasteiger partial charge on any atom is -0.306 e. The molecule has 70 valence electrons. The zero-order valence-electron chi connectivity index (χ0n) is 7.06. The predicted molar refractivity (Wildman–Crippen MR) is 43.4 cm³/mol. The fourth-order valence-corrected chi connectivity index (χ4v) is 1.54. The van der Waals surface area contributed by atoms with Crippen LogP contribution in [0.4, 0.5) is 0 Å². The molecule has 0 aliphatic rings. The topological polar surface area (TPSA) is 76.0 Å². The Morgan fingerprint density at radius 2 is 2.08 bits per heavy atom. The van der Waals surface area contributed by atoms with Crippen LogP contribution in [0.5, 0.6) is 0 Å². The second-order valence-corrected chi connectivity index (χ2v) is 3.62. The number of nitrogens with zero attached hydrogens (tertiary/aromatic N) is 1. The molecule has 0 aliphatic carbocycles. The molecule has 5 nitrogen and oxygen atoms in total. The lowest BCUT2D eigenvalue weighted by atomic mass is 10.2. The third-order valence-corrected chi connectivity index (χ3v) is 2.27. The summed E-state index contributed by atoms with van der Waals surface area (Å²) in [4.78, 5) is 18.5. The highest BCUT2D eigenvalue weighted by Gasteiger charge is 2.22. The van der Waals surface area contributed by atoms with Crippen molar-refractivity contribution in [1.29, 1.82) is 0 Å². The molecule has 0 rings (SSSR count). The molecular weight excluding hydrogens is 181 g/mol. The van der Waals surface area contributed by atoms with Crippen LogP contribution in [0.15, 0.2) is 4.76 Å². The number of isocyanates is 1. The summed E-state index contributed by atoms with van der Waals surface area (Å²) in [7, 11) is -4.08. The Kier molecular flexibility index (Phi) is 5.02. The highest BCUT2D eigenvalue weighted by atomic mass is 31.2. The van der Waals surface area contributed by atoms with E-state index in [4.69, 9.17) is 4.89 Å². The molecule has 1 unspecified atom stereocenters. The van der Waals surface area contributed by atoms with Gasteiger partial charge in [-0.25, -0.2) is 9.36 Å². The van der Waals surface area contributed by atoms with Crippen LogP contribution in [-0.2, 0) is 13.9 Å². The zero-order valence-corrected chi connectivity index (χ0v) is 7.95. The van der Waals surface area contributed by atoms with Gasteiger partial charge in [-0.15, -0.1) is 0 Å². The minimum atomic E-state index is -4.08. The molecule has 0 aliphatic heterocycles. The standard InChI is InChI=1S/C6H12NO4P/c1-3-6(4-2)11-12(9,10)7-5-8/h6H,3-4H2,1-2H3,(H,9,10). The molecular formula is C6H12NO4P. The Hall–Kier alpha value is -0.470. The molecule has 0 spiro atoms. The van der Waals surface area contributed by atoms with E-state index in [0.29, 0.717) is 12.8 Å². The van der Waals surface area contributed by atoms with Gasteiger partial charge in [0.15, 0.2) is 0 Å². The van der Waals surface area contributed by atoms with Crippen LogP contribution in [-0.4, -0.2) is 17.1 Å². The van der Waals surface area contributed by atoms with Gasteiger partial charge >= 0.3 is 7.75 Å². The summed E-state index contributed by atoms with van der Waals surface area (Å²) >= 11 is 0. The van der Waals surface area contributed by atoms with Crippen molar-refractivity contribution in [3.8, 4) is 0 Å². The summed E-state index contributed by atoms with van der Waals surface area (Å²) < 4.78 is 18.2. The number of rotatable bonds is 5. The van der Waals surface area contributed by atoms with Crippen molar-refractivity contribution in [3.63, 3.8) is 0 Å². The first-order valence-corrected chi connectivity index (χ1v) is 5.19. The van der Waals surface area contributed by atoms with Crippen LogP contribution in [0.1, 0.15) is 26.7 Å². The molecule has 0 aromatic heterocycles. The molecule has 0 fully saturated rings. The predicted octanol–water partition coefficient (Wildman–Crippen LogP) is 1.63. The Balaban J connectivity index is 4.21. The second kappa shape index (κ2) is 5.22. The van der Waals surface area contributed by atoms with Crippen LogP contribution in [0.2, 0.25) is 0 Å². The summed E-state index contributed by atoms with van der Waals surface area (Å²) in [6, 6.07) is 0. The molecule has 0 aromatic carbocycles. The van der Waals surface area contributed by atoms with Gasteiger partial charge in [0.1, 0.15) is 0 Å². The number of hydrogen-bond acceptors (Lipinski definition) is 3. The van der Waals surface area contributed by atoms with Crippen LogP contribution >= 0.6 is 7.75 Å². The van der Waals surface area contributed by atoms with Gasteiger partial charge in [0.05, 0.1) is 6.10 Å². The molecule has 0 aromatic rings. The largest absolute Gasteiger partial charge is 0.462 e. The van der Waals surface area contributed by atoms with Crippen molar-refractivity contribution in [2.24, 2.45) is 4.76 Å². The van der Waals surface area contributed by atoms with Crippen LogP contribution in [0.3, 0.4) is 0 Å². The van der Waals surface area contributed by atoms with Crippen molar-refractivity contribution in [1.82, 2.24) is 0 Å². The van der Waals surface area contributed by atoms with E-state index < -0.39 is 7.75 Å². The highest BCUT2D eigenvalue weighted by molar-refractivity contribution is 7.51. The molecule has 0 bridgehead atoms. The van der Waals surface area contributed by atoms with Crippen molar-refractivity contribution < 1.29 is 18.8 Å². The van der Waals surface area contributed by atoms with Crippen molar-refractivity contribution in [2.75, 3.05) is 0 Å². The van der Waals surface area contributed by atoms with Gasteiger partial charge in [0.2, 0.25) is 6.08 Å². The summed E-state index contributed by atoms with van der Waals surface area (Å²) in [5.74, 6) is 0. The fraction of sp³-hybridized carbons (Fsp3) is 0.833. The first-order valence-electron chi connectivity index (χ1n) is 3.66. The number of carbonyl (C=O) groups excluding carboxylic acids is 1. The Bertz CT molecular complexity index is 220. The normalized spacial score (nSPS) is 15.3. The summed E-state index contributed by atoms with van der Waals surface area (Å²) in [5, 5.41) is 0. The molecule has 0 amide bonds. The maximum absolute atomic E-state index is 10.8. The first kappa shape index (κ1) is 11.5. The quantitative estimate of drug-likeness (QED) is 0.409. The maximum atomic E-state index is 10.8. The lowest BCUT2D eigenvalue weighted by Crippen LogP contribution is -2.07. The Morgan fingerprint density at radius 3 is 2.42 bits per heavy atom. The van der Waals surface area contributed by atoms with E-state index in [1.165, 1.54) is 0 Å². The van der Waals surface area contributed by atoms with E-state index in [9.17, 15) is 9.36 Å². The van der Waals surface area contributed by atoms with Crippen molar-refractivity contribution in [3.05, 3.63) is 0 Å². The van der Waals surface area contributed by atoms with E-state index >= 15 is 0 Å². The van der Waals surface area contributed by atoms with Crippen LogP contribution in [0, 0.1) is 0 Å². The fourth-order valence-electron chi connectivity index (χ4n) is 0.707. The molecule has 0 saturated carbocycles. The molecule has 0 heterocycles. The zero-order chi connectivity index (χ0) is 9.61. The van der Waals surface area contributed by atoms with Gasteiger partial charge in [-0.05, 0) is 12.8 Å². The maximum Gasteiger partial charge on any atom is 0.462 e. The van der Waals surface area contributed by atoms with Gasteiger partial charge < -0.3 is 4.89 Å². The molecule has 0 saturated heterocycles. The van der Waals surface area contributed by atoms with Crippen LogP contribution < -0.4 is 0 Å². The molecule has 12 heavy (non-hydrogen) atoms. The summed E-state index contributed by atoms with van der Waals surface area (Å²) in [5.41, 5.74) is 0. The lowest BCUT2D eigenvalue weighted by Gasteiger charge is -2.13. The van der Waals surface area contributed by atoms with Crippen molar-refractivity contribution >= 4 is 13.8 Å². The molecule has 0 radical (unpaired) electrons. The lowest BCUT2D eigenvalue weighted by molar-refractivity contribution is 0.166. The molecule has 1 N–H and O–H groups in total. The van der Waals surface area contributed by atoms with Gasteiger partial charge in [0.25, 0.3) is 0 Å². The monoisotopic (exact) mass is 193 g/mol. The first-order chi connectivity index (χ1) is 5.55. The van der Waals surface area contributed by atoms with E-state index in [0.717, 1.165) is 6.08 Å². The van der Waals surface area contributed by atoms with E-state index in [-0.39, 0.29) is 6.10 Å². The Morgan fingerprint density at radius 1 is 1.58 bits per heavy atom. The third kappa shape index (κ3) is 4.42. The molecule has 6 heteroatoms. The van der Waals surface area contributed by atoms with Gasteiger partial charge in [-0.2, -0.15) is 0 Å². The van der Waals surface area contributed by atoms with Gasteiger partial charge in [-0.1, -0.05) is 18.6 Å². The smallest absolute Gasteiger partial charge is 0.306 e. The highest BCUT2D eigenvalue weighted by Crippen LogP contribution is 2.45.